The van der Waals surface area contributed by atoms with Crippen molar-refractivity contribution in [1.29, 1.82) is 0 Å². The van der Waals surface area contributed by atoms with Crippen molar-refractivity contribution in [2.45, 2.75) is 25.9 Å². The van der Waals surface area contributed by atoms with Crippen molar-refractivity contribution in [2.24, 2.45) is 0 Å². The van der Waals surface area contributed by atoms with E-state index in [1.165, 1.54) is 0 Å². The quantitative estimate of drug-likeness (QED) is 0.897. The Bertz CT molecular complexity index is 397. The Kier molecular flexibility index (Phi) is 4.56. The van der Waals surface area contributed by atoms with Gasteiger partial charge in [0.25, 0.3) is 0 Å². The third-order valence-electron chi connectivity index (χ3n) is 1.96. The second-order valence-electron chi connectivity index (χ2n) is 3.68. The van der Waals surface area contributed by atoms with Crippen LogP contribution in [0.2, 0.25) is 0 Å². The minimum absolute atomic E-state index is 0.490. The first-order valence-corrected chi connectivity index (χ1v) is 5.69. The number of amides is 1. The average Bonchev–Trinajstić information content (AvgIpc) is 2.11. The fourth-order valence-electron chi connectivity index (χ4n) is 1.29. The highest BCUT2D eigenvalue weighted by atomic mass is 79.9. The second kappa shape index (κ2) is 5.53. The average molecular weight is 310 g/mol. The zero-order valence-electron chi connectivity index (χ0n) is 9.07. The second-order valence-corrected chi connectivity index (χ2v) is 4.60. The lowest BCUT2D eigenvalue weighted by Gasteiger charge is -2.08. The fourth-order valence-corrected chi connectivity index (χ4v) is 1.89. The van der Waals surface area contributed by atoms with Gasteiger partial charge in [-0.2, -0.15) is 13.2 Å². The maximum Gasteiger partial charge on any atom is 0.389 e. The Morgan fingerprint density at radius 3 is 2.53 bits per heavy atom. The van der Waals surface area contributed by atoms with Gasteiger partial charge in [0.15, 0.2) is 0 Å². The van der Waals surface area contributed by atoms with Gasteiger partial charge in [-0.25, -0.2) is 0 Å². The number of nitrogens with one attached hydrogen (secondary N) is 1. The van der Waals surface area contributed by atoms with Crippen LogP contribution in [0.25, 0.3) is 0 Å². The monoisotopic (exact) mass is 309 g/mol. The topological polar surface area (TPSA) is 29.1 Å². The van der Waals surface area contributed by atoms with Gasteiger partial charge in [-0.15, -0.1) is 0 Å². The lowest BCUT2D eigenvalue weighted by molar-refractivity contribution is -0.142. The van der Waals surface area contributed by atoms with Crippen LogP contribution in [0.5, 0.6) is 0 Å². The predicted molar refractivity (Wildman–Crippen MR) is 62.8 cm³/mol. The van der Waals surface area contributed by atoms with Crippen LogP contribution < -0.4 is 5.32 Å². The summed E-state index contributed by atoms with van der Waals surface area (Å²) in [5.41, 5.74) is 1.40. The van der Waals surface area contributed by atoms with Crippen LogP contribution in [0.1, 0.15) is 18.4 Å². The number of alkyl halides is 3. The molecule has 0 heterocycles. The highest BCUT2D eigenvalue weighted by Crippen LogP contribution is 2.23. The van der Waals surface area contributed by atoms with Crippen molar-refractivity contribution in [3.63, 3.8) is 0 Å². The van der Waals surface area contributed by atoms with Crippen LogP contribution in [0.3, 0.4) is 0 Å². The van der Waals surface area contributed by atoms with Gasteiger partial charge in [0, 0.05) is 16.6 Å². The molecule has 2 nitrogen and oxygen atoms in total. The number of halogens is 4. The Morgan fingerprint density at radius 2 is 2.00 bits per heavy atom. The van der Waals surface area contributed by atoms with Crippen LogP contribution in [0, 0.1) is 6.92 Å². The summed E-state index contributed by atoms with van der Waals surface area (Å²) in [6.45, 7) is 1.83. The summed E-state index contributed by atoms with van der Waals surface area (Å²) < 4.78 is 36.5. The van der Waals surface area contributed by atoms with Crippen LogP contribution >= 0.6 is 15.9 Å². The van der Waals surface area contributed by atoms with E-state index in [9.17, 15) is 18.0 Å². The molecule has 0 atom stereocenters. The summed E-state index contributed by atoms with van der Waals surface area (Å²) in [7, 11) is 0. The van der Waals surface area contributed by atoms with Crippen LogP contribution in [0.4, 0.5) is 18.9 Å². The smallest absolute Gasteiger partial charge is 0.326 e. The molecule has 1 aromatic carbocycles. The highest BCUT2D eigenvalue weighted by molar-refractivity contribution is 9.10. The summed E-state index contributed by atoms with van der Waals surface area (Å²) in [4.78, 5) is 11.3. The summed E-state index contributed by atoms with van der Waals surface area (Å²) in [5.74, 6) is -0.639. The summed E-state index contributed by atoms with van der Waals surface area (Å²) in [5, 5.41) is 2.43. The molecule has 0 saturated carbocycles. The number of hydrogen-bond acceptors (Lipinski definition) is 1. The van der Waals surface area contributed by atoms with Crippen LogP contribution in [0.15, 0.2) is 22.7 Å². The lowest BCUT2D eigenvalue weighted by atomic mass is 10.2. The minimum atomic E-state index is -4.30. The molecule has 1 amide bonds. The SMILES string of the molecule is Cc1cc(Br)cc(NC(=O)CCC(F)(F)F)c1. The van der Waals surface area contributed by atoms with Crippen LogP contribution in [-0.2, 0) is 4.79 Å². The van der Waals surface area contributed by atoms with Gasteiger partial charge in [0.05, 0.1) is 6.42 Å². The third-order valence-corrected chi connectivity index (χ3v) is 2.42. The van der Waals surface area contributed by atoms with Gasteiger partial charge in [-0.1, -0.05) is 15.9 Å². The Labute approximate surface area is 105 Å². The number of rotatable bonds is 3. The van der Waals surface area contributed by atoms with Gasteiger partial charge in [0.1, 0.15) is 0 Å². The molecular weight excluding hydrogens is 299 g/mol. The number of anilines is 1. The molecule has 0 unspecified atom stereocenters. The van der Waals surface area contributed by atoms with Crippen LogP contribution in [-0.4, -0.2) is 12.1 Å². The van der Waals surface area contributed by atoms with Gasteiger partial charge in [-0.05, 0) is 30.7 Å². The predicted octanol–water partition coefficient (Wildman–Crippen LogP) is 4.04. The van der Waals surface area contributed by atoms with E-state index in [0.29, 0.717) is 5.69 Å². The van der Waals surface area contributed by atoms with E-state index in [4.69, 9.17) is 0 Å². The van der Waals surface area contributed by atoms with E-state index in [1.54, 1.807) is 12.1 Å². The number of carbonyl (C=O) groups is 1. The molecule has 0 spiro atoms. The van der Waals surface area contributed by atoms with Crippen molar-refractivity contribution in [3.8, 4) is 0 Å². The molecule has 0 aromatic heterocycles. The van der Waals surface area contributed by atoms with E-state index >= 15 is 0 Å². The first-order valence-electron chi connectivity index (χ1n) is 4.90. The summed E-state index contributed by atoms with van der Waals surface area (Å²) >= 11 is 3.24. The van der Waals surface area contributed by atoms with E-state index in [2.05, 4.69) is 21.2 Å². The van der Waals surface area contributed by atoms with E-state index in [0.717, 1.165) is 10.0 Å². The molecular formula is C11H11BrF3NO. The molecule has 94 valence electrons. The van der Waals surface area contributed by atoms with Gasteiger partial charge in [0.2, 0.25) is 5.91 Å². The molecule has 0 saturated heterocycles. The van der Waals surface area contributed by atoms with Crippen molar-refractivity contribution in [1.82, 2.24) is 0 Å². The third kappa shape index (κ3) is 5.72. The van der Waals surface area contributed by atoms with E-state index < -0.39 is 24.9 Å². The first-order chi connectivity index (χ1) is 7.76. The van der Waals surface area contributed by atoms with Crippen molar-refractivity contribution >= 4 is 27.5 Å². The molecule has 0 aliphatic heterocycles. The van der Waals surface area contributed by atoms with Crippen molar-refractivity contribution in [2.75, 3.05) is 5.32 Å². The zero-order valence-corrected chi connectivity index (χ0v) is 10.7. The summed E-state index contributed by atoms with van der Waals surface area (Å²) in [6, 6.07) is 5.17. The number of aryl methyl sites for hydroxylation is 1. The highest BCUT2D eigenvalue weighted by Gasteiger charge is 2.27. The number of carbonyl (C=O) groups excluding carboxylic acids is 1. The lowest BCUT2D eigenvalue weighted by Crippen LogP contribution is -2.16. The number of hydrogen-bond donors (Lipinski definition) is 1. The zero-order chi connectivity index (χ0) is 13.1. The Morgan fingerprint density at radius 1 is 1.35 bits per heavy atom. The molecule has 1 aromatic rings. The molecule has 0 aliphatic carbocycles. The normalized spacial score (nSPS) is 11.4. The molecule has 1 rings (SSSR count). The molecule has 17 heavy (non-hydrogen) atoms. The Hall–Kier alpha value is -1.04. The van der Waals surface area contributed by atoms with Gasteiger partial charge in [-0.3, -0.25) is 4.79 Å². The standard InChI is InChI=1S/C11H11BrF3NO/c1-7-4-8(12)6-9(5-7)16-10(17)2-3-11(13,14)15/h4-6H,2-3H2,1H3,(H,16,17). The molecule has 0 bridgehead atoms. The molecule has 0 radical (unpaired) electrons. The van der Waals surface area contributed by atoms with Crippen molar-refractivity contribution < 1.29 is 18.0 Å². The maximum absolute atomic E-state index is 11.9. The van der Waals surface area contributed by atoms with Crippen molar-refractivity contribution in [3.05, 3.63) is 28.2 Å². The molecule has 6 heteroatoms. The number of benzene rings is 1. The van der Waals surface area contributed by atoms with Gasteiger partial charge < -0.3 is 5.32 Å². The summed E-state index contributed by atoms with van der Waals surface area (Å²) in [6.07, 6.45) is -5.97. The van der Waals surface area contributed by atoms with E-state index in [-0.39, 0.29) is 0 Å². The first kappa shape index (κ1) is 14.0. The minimum Gasteiger partial charge on any atom is -0.326 e. The molecule has 0 fully saturated rings. The van der Waals surface area contributed by atoms with E-state index in [1.807, 2.05) is 13.0 Å². The molecule has 1 N–H and O–H groups in total. The fraction of sp³-hybridized carbons (Fsp3) is 0.364. The molecule has 0 aliphatic rings. The maximum atomic E-state index is 11.9. The van der Waals surface area contributed by atoms with Gasteiger partial charge >= 0.3 is 6.18 Å². The largest absolute Gasteiger partial charge is 0.389 e. The Balaban J connectivity index is 2.56.